The second-order valence-electron chi connectivity index (χ2n) is 9.78. The molecule has 1 saturated carbocycles. The summed E-state index contributed by atoms with van der Waals surface area (Å²) in [6.45, 7) is 2.70. The molecular formula is C28H32N4O5S. The summed E-state index contributed by atoms with van der Waals surface area (Å²) in [5, 5.41) is 0. The van der Waals surface area contributed by atoms with Gasteiger partial charge >= 0.3 is 5.69 Å². The molecule has 0 bridgehead atoms. The number of sulfone groups is 1. The van der Waals surface area contributed by atoms with Crippen molar-refractivity contribution in [2.75, 3.05) is 5.75 Å². The van der Waals surface area contributed by atoms with E-state index in [1.54, 1.807) is 35.2 Å². The summed E-state index contributed by atoms with van der Waals surface area (Å²) in [6.07, 6.45) is 7.85. The highest BCUT2D eigenvalue weighted by atomic mass is 32.2. The fourth-order valence-electron chi connectivity index (χ4n) is 4.97. The van der Waals surface area contributed by atoms with Gasteiger partial charge in [0.25, 0.3) is 5.56 Å². The number of rotatable bonds is 9. The van der Waals surface area contributed by atoms with Crippen molar-refractivity contribution in [2.45, 2.75) is 69.5 Å². The van der Waals surface area contributed by atoms with Gasteiger partial charge < -0.3 is 9.30 Å². The van der Waals surface area contributed by atoms with Crippen LogP contribution in [0.3, 0.4) is 0 Å². The van der Waals surface area contributed by atoms with Crippen molar-refractivity contribution in [1.82, 2.24) is 19.1 Å². The number of benzene rings is 2. The smallest absolute Gasteiger partial charge is 0.330 e. The fourth-order valence-corrected chi connectivity index (χ4v) is 6.26. The summed E-state index contributed by atoms with van der Waals surface area (Å²) in [6, 6.07) is 14.2. The third-order valence-electron chi connectivity index (χ3n) is 7.16. The normalized spacial score (nSPS) is 14.7. The maximum atomic E-state index is 12.9. The number of imidazole rings is 1. The van der Waals surface area contributed by atoms with Crippen LogP contribution in [0.25, 0.3) is 11.2 Å². The van der Waals surface area contributed by atoms with Gasteiger partial charge in [-0.1, -0.05) is 30.7 Å². The minimum absolute atomic E-state index is 0.0103. The molecule has 0 unspecified atom stereocenters. The second kappa shape index (κ2) is 11.0. The van der Waals surface area contributed by atoms with Crippen LogP contribution in [0.2, 0.25) is 0 Å². The number of H-pyrrole nitrogens is 1. The van der Waals surface area contributed by atoms with Gasteiger partial charge in [-0.05, 0) is 74.4 Å². The molecule has 2 heterocycles. The van der Waals surface area contributed by atoms with Crippen LogP contribution >= 0.6 is 0 Å². The van der Waals surface area contributed by atoms with Gasteiger partial charge in [0.15, 0.2) is 21.0 Å². The summed E-state index contributed by atoms with van der Waals surface area (Å²) >= 11 is 0. The number of ether oxygens (including phenoxy) is 1. The zero-order chi connectivity index (χ0) is 26.7. The maximum absolute atomic E-state index is 12.9. The van der Waals surface area contributed by atoms with E-state index in [0.29, 0.717) is 29.9 Å². The first-order valence-electron chi connectivity index (χ1n) is 13.1. The summed E-state index contributed by atoms with van der Waals surface area (Å²) in [5.74, 6) is 0.704. The van der Waals surface area contributed by atoms with Crippen molar-refractivity contribution in [1.29, 1.82) is 0 Å². The standard InChI is InChI=1S/C28H32N4O5S/c1-2-31-19-29-26-25(31)27(33)30-28(34)32(26)18-21-10-8-20(9-11-21)16-17-38(35,36)24-14-12-23(13-15-24)37-22-6-4-3-5-7-22/h8-15,19,22H,2-7,16-18H2,1H3,(H,30,33,34). The Balaban J connectivity index is 1.23. The first kappa shape index (κ1) is 26.0. The monoisotopic (exact) mass is 536 g/mol. The van der Waals surface area contributed by atoms with Crippen LogP contribution < -0.4 is 16.0 Å². The van der Waals surface area contributed by atoms with E-state index in [-0.39, 0.29) is 23.3 Å². The molecule has 10 heteroatoms. The van der Waals surface area contributed by atoms with Crippen LogP contribution in [0, 0.1) is 0 Å². The molecule has 0 spiro atoms. The molecule has 1 aliphatic carbocycles. The molecule has 0 atom stereocenters. The van der Waals surface area contributed by atoms with E-state index in [4.69, 9.17) is 4.74 Å². The zero-order valence-electron chi connectivity index (χ0n) is 21.4. The molecule has 4 aromatic rings. The Morgan fingerprint density at radius 3 is 2.34 bits per heavy atom. The minimum atomic E-state index is -3.45. The molecule has 0 amide bonds. The first-order chi connectivity index (χ1) is 18.3. The average Bonchev–Trinajstić information content (AvgIpc) is 3.36. The number of nitrogens with one attached hydrogen (secondary N) is 1. The summed E-state index contributed by atoms with van der Waals surface area (Å²) in [4.78, 5) is 31.7. The van der Waals surface area contributed by atoms with E-state index in [1.165, 1.54) is 23.8 Å². The molecule has 200 valence electrons. The van der Waals surface area contributed by atoms with Gasteiger partial charge in [0.2, 0.25) is 0 Å². The van der Waals surface area contributed by atoms with Gasteiger partial charge in [0.05, 0.1) is 29.6 Å². The lowest BCUT2D eigenvalue weighted by Gasteiger charge is -2.23. The Morgan fingerprint density at radius 2 is 1.66 bits per heavy atom. The second-order valence-corrected chi connectivity index (χ2v) is 11.9. The molecule has 38 heavy (non-hydrogen) atoms. The van der Waals surface area contributed by atoms with E-state index in [0.717, 1.165) is 24.0 Å². The Labute approximate surface area is 221 Å². The largest absolute Gasteiger partial charge is 0.490 e. The number of aromatic amines is 1. The van der Waals surface area contributed by atoms with Gasteiger partial charge in [-0.25, -0.2) is 18.2 Å². The Hall–Kier alpha value is -3.66. The predicted octanol–water partition coefficient (Wildman–Crippen LogP) is 3.68. The predicted molar refractivity (Wildman–Crippen MR) is 146 cm³/mol. The topological polar surface area (TPSA) is 116 Å². The summed E-state index contributed by atoms with van der Waals surface area (Å²) in [7, 11) is -3.45. The number of aryl methyl sites for hydroxylation is 2. The first-order valence-corrected chi connectivity index (χ1v) is 14.7. The SMILES string of the molecule is CCn1cnc2c1c(=O)[nH]c(=O)n2Cc1ccc(CCS(=O)(=O)c2ccc(OC3CCCCC3)cc2)cc1. The van der Waals surface area contributed by atoms with E-state index in [1.807, 2.05) is 31.2 Å². The quantitative estimate of drug-likeness (QED) is 0.349. The molecule has 0 saturated heterocycles. The highest BCUT2D eigenvalue weighted by Crippen LogP contribution is 2.25. The molecule has 1 aliphatic rings. The van der Waals surface area contributed by atoms with Crippen molar-refractivity contribution in [3.8, 4) is 5.75 Å². The molecule has 0 aliphatic heterocycles. The molecule has 1 fully saturated rings. The molecule has 5 rings (SSSR count). The molecule has 0 radical (unpaired) electrons. The Bertz CT molecular complexity index is 1630. The van der Waals surface area contributed by atoms with Crippen LogP contribution in [0.15, 0.2) is 69.3 Å². The van der Waals surface area contributed by atoms with Crippen LogP contribution in [0.5, 0.6) is 5.75 Å². The van der Waals surface area contributed by atoms with E-state index in [9.17, 15) is 18.0 Å². The molecular weight excluding hydrogens is 504 g/mol. The van der Waals surface area contributed by atoms with Gasteiger partial charge in [0.1, 0.15) is 5.75 Å². The summed E-state index contributed by atoms with van der Waals surface area (Å²) < 4.78 is 35.0. The lowest BCUT2D eigenvalue weighted by atomic mass is 9.98. The van der Waals surface area contributed by atoms with Crippen LogP contribution in [-0.4, -0.2) is 39.4 Å². The van der Waals surface area contributed by atoms with E-state index >= 15 is 0 Å². The molecule has 9 nitrogen and oxygen atoms in total. The van der Waals surface area contributed by atoms with E-state index in [2.05, 4.69) is 9.97 Å². The molecule has 1 N–H and O–H groups in total. The van der Waals surface area contributed by atoms with Crippen molar-refractivity contribution < 1.29 is 13.2 Å². The average molecular weight is 537 g/mol. The number of hydrogen-bond donors (Lipinski definition) is 1. The minimum Gasteiger partial charge on any atom is -0.490 e. The van der Waals surface area contributed by atoms with E-state index < -0.39 is 21.1 Å². The van der Waals surface area contributed by atoms with Crippen LogP contribution in [0.4, 0.5) is 0 Å². The number of hydrogen-bond acceptors (Lipinski definition) is 6. The lowest BCUT2D eigenvalue weighted by molar-refractivity contribution is 0.155. The van der Waals surface area contributed by atoms with Gasteiger partial charge in [-0.15, -0.1) is 0 Å². The Kier molecular flexibility index (Phi) is 7.51. The number of fused-ring (bicyclic) bond motifs is 1. The highest BCUT2D eigenvalue weighted by Gasteiger charge is 2.18. The van der Waals surface area contributed by atoms with Crippen molar-refractivity contribution in [3.05, 3.63) is 86.8 Å². The fraction of sp³-hybridized carbons (Fsp3) is 0.393. The number of nitrogens with zero attached hydrogens (tertiary/aromatic N) is 3. The van der Waals surface area contributed by atoms with Crippen molar-refractivity contribution in [3.63, 3.8) is 0 Å². The zero-order valence-corrected chi connectivity index (χ0v) is 22.2. The van der Waals surface area contributed by atoms with Crippen molar-refractivity contribution in [2.24, 2.45) is 0 Å². The van der Waals surface area contributed by atoms with Crippen LogP contribution in [0.1, 0.15) is 50.2 Å². The molecule has 2 aromatic carbocycles. The maximum Gasteiger partial charge on any atom is 0.330 e. The highest BCUT2D eigenvalue weighted by molar-refractivity contribution is 7.91. The van der Waals surface area contributed by atoms with Gasteiger partial charge in [-0.2, -0.15) is 0 Å². The van der Waals surface area contributed by atoms with Gasteiger partial charge in [0, 0.05) is 6.54 Å². The third kappa shape index (κ3) is 5.60. The number of aromatic nitrogens is 4. The summed E-state index contributed by atoms with van der Waals surface area (Å²) in [5.41, 5.74) is 1.45. The lowest BCUT2D eigenvalue weighted by Crippen LogP contribution is -2.31. The Morgan fingerprint density at radius 1 is 0.974 bits per heavy atom. The van der Waals surface area contributed by atoms with Crippen LogP contribution in [-0.2, 0) is 29.3 Å². The van der Waals surface area contributed by atoms with Crippen molar-refractivity contribution >= 4 is 21.0 Å². The van der Waals surface area contributed by atoms with Gasteiger partial charge in [-0.3, -0.25) is 14.3 Å². The molecule has 2 aromatic heterocycles. The third-order valence-corrected chi connectivity index (χ3v) is 8.89.